The van der Waals surface area contributed by atoms with Gasteiger partial charge in [0.2, 0.25) is 0 Å². The SMILES string of the molecule is CCNC(=NCc1cc(C)on1)NCCc1cnn(C)c1C. The van der Waals surface area contributed by atoms with Gasteiger partial charge in [0.05, 0.1) is 12.7 Å². The number of hydrogen-bond acceptors (Lipinski definition) is 4. The van der Waals surface area contributed by atoms with Gasteiger partial charge in [0, 0.05) is 31.9 Å². The summed E-state index contributed by atoms with van der Waals surface area (Å²) in [5.74, 6) is 1.58. The van der Waals surface area contributed by atoms with Crippen LogP contribution in [0.2, 0.25) is 0 Å². The topological polar surface area (TPSA) is 80.3 Å². The number of hydrogen-bond donors (Lipinski definition) is 2. The van der Waals surface area contributed by atoms with Crippen LogP contribution in [0.15, 0.2) is 21.8 Å². The molecule has 2 aromatic rings. The molecule has 0 aliphatic heterocycles. The number of nitrogens with one attached hydrogen (secondary N) is 2. The molecule has 0 aliphatic rings. The third kappa shape index (κ3) is 4.34. The summed E-state index contributed by atoms with van der Waals surface area (Å²) in [7, 11) is 1.96. The second-order valence-corrected chi connectivity index (χ2v) is 5.18. The van der Waals surface area contributed by atoms with Gasteiger partial charge in [0.15, 0.2) is 5.96 Å². The Hall–Kier alpha value is -2.31. The van der Waals surface area contributed by atoms with Crippen molar-refractivity contribution >= 4 is 5.96 Å². The average Bonchev–Trinajstić information content (AvgIpc) is 3.05. The predicted octanol–water partition coefficient (Wildman–Crippen LogP) is 1.32. The van der Waals surface area contributed by atoms with Crippen LogP contribution in [0.25, 0.3) is 0 Å². The number of rotatable bonds is 6. The summed E-state index contributed by atoms with van der Waals surface area (Å²) in [5.41, 5.74) is 3.28. The molecule has 0 amide bonds. The zero-order valence-corrected chi connectivity index (χ0v) is 13.7. The lowest BCUT2D eigenvalue weighted by molar-refractivity contribution is 0.391. The van der Waals surface area contributed by atoms with E-state index in [1.807, 2.05) is 37.8 Å². The maximum Gasteiger partial charge on any atom is 0.191 e. The van der Waals surface area contributed by atoms with E-state index in [1.165, 1.54) is 11.3 Å². The minimum atomic E-state index is 0.499. The molecule has 0 unspecified atom stereocenters. The fourth-order valence-corrected chi connectivity index (χ4v) is 2.10. The van der Waals surface area contributed by atoms with Crippen LogP contribution in [0.5, 0.6) is 0 Å². The lowest BCUT2D eigenvalue weighted by Crippen LogP contribution is -2.38. The zero-order valence-electron chi connectivity index (χ0n) is 13.7. The normalized spacial score (nSPS) is 11.7. The summed E-state index contributed by atoms with van der Waals surface area (Å²) >= 11 is 0. The van der Waals surface area contributed by atoms with Gasteiger partial charge in [-0.05, 0) is 32.8 Å². The van der Waals surface area contributed by atoms with Crippen molar-refractivity contribution in [3.63, 3.8) is 0 Å². The summed E-state index contributed by atoms with van der Waals surface area (Å²) < 4.78 is 6.93. The summed E-state index contributed by atoms with van der Waals surface area (Å²) in [4.78, 5) is 4.51. The molecule has 2 aromatic heterocycles. The molecule has 2 rings (SSSR count). The van der Waals surface area contributed by atoms with Gasteiger partial charge in [0.25, 0.3) is 0 Å². The number of guanidine groups is 1. The Morgan fingerprint density at radius 3 is 2.77 bits per heavy atom. The maximum absolute atomic E-state index is 5.04. The molecule has 0 fully saturated rings. The van der Waals surface area contributed by atoms with Gasteiger partial charge in [-0.1, -0.05) is 5.16 Å². The molecule has 0 bridgehead atoms. The molecule has 7 nitrogen and oxygen atoms in total. The molecule has 0 spiro atoms. The lowest BCUT2D eigenvalue weighted by atomic mass is 10.2. The van der Waals surface area contributed by atoms with Crippen LogP contribution in [0.3, 0.4) is 0 Å². The predicted molar refractivity (Wildman–Crippen MR) is 85.7 cm³/mol. The molecule has 0 aromatic carbocycles. The second-order valence-electron chi connectivity index (χ2n) is 5.18. The molecular formula is C15H24N6O. The second kappa shape index (κ2) is 7.63. The molecule has 2 N–H and O–H groups in total. The Kier molecular flexibility index (Phi) is 5.57. The number of aliphatic imine (C=N–C) groups is 1. The van der Waals surface area contributed by atoms with Gasteiger partial charge < -0.3 is 15.2 Å². The molecule has 2 heterocycles. The first kappa shape index (κ1) is 16.1. The first-order valence-corrected chi connectivity index (χ1v) is 7.52. The van der Waals surface area contributed by atoms with E-state index in [0.717, 1.165) is 36.9 Å². The van der Waals surface area contributed by atoms with Crippen molar-refractivity contribution in [3.05, 3.63) is 35.0 Å². The Morgan fingerprint density at radius 2 is 2.18 bits per heavy atom. The standard InChI is InChI=1S/C15H24N6O/c1-5-16-15(18-10-14-8-11(2)22-20-14)17-7-6-13-9-19-21(4)12(13)3/h8-9H,5-7,10H2,1-4H3,(H2,16,17,18). The summed E-state index contributed by atoms with van der Waals surface area (Å²) in [5, 5.41) is 14.7. The highest BCUT2D eigenvalue weighted by molar-refractivity contribution is 5.79. The van der Waals surface area contributed by atoms with E-state index in [4.69, 9.17) is 4.52 Å². The highest BCUT2D eigenvalue weighted by Crippen LogP contribution is 2.05. The number of aryl methyl sites for hydroxylation is 2. The van der Waals surface area contributed by atoms with Crippen molar-refractivity contribution in [1.29, 1.82) is 0 Å². The zero-order chi connectivity index (χ0) is 15.9. The molecule has 22 heavy (non-hydrogen) atoms. The number of aromatic nitrogens is 3. The Bertz CT molecular complexity index is 628. The smallest absolute Gasteiger partial charge is 0.191 e. The molecule has 0 saturated heterocycles. The van der Waals surface area contributed by atoms with E-state index < -0.39 is 0 Å². The third-order valence-electron chi connectivity index (χ3n) is 3.44. The van der Waals surface area contributed by atoms with Crippen molar-refractivity contribution in [2.45, 2.75) is 33.7 Å². The fourth-order valence-electron chi connectivity index (χ4n) is 2.10. The van der Waals surface area contributed by atoms with E-state index >= 15 is 0 Å². The van der Waals surface area contributed by atoms with Crippen molar-refractivity contribution in [3.8, 4) is 0 Å². The summed E-state index contributed by atoms with van der Waals surface area (Å²) in [6, 6.07) is 1.89. The Morgan fingerprint density at radius 1 is 1.36 bits per heavy atom. The van der Waals surface area contributed by atoms with Crippen LogP contribution in [0.4, 0.5) is 0 Å². The molecule has 7 heteroatoms. The number of nitrogens with zero attached hydrogens (tertiary/aromatic N) is 4. The molecular weight excluding hydrogens is 280 g/mol. The van der Waals surface area contributed by atoms with Gasteiger partial charge in [-0.25, -0.2) is 4.99 Å². The van der Waals surface area contributed by atoms with Gasteiger partial charge >= 0.3 is 0 Å². The van der Waals surface area contributed by atoms with Gasteiger partial charge in [-0.15, -0.1) is 0 Å². The van der Waals surface area contributed by atoms with Crippen LogP contribution in [-0.2, 0) is 20.0 Å². The Labute approximate surface area is 130 Å². The van der Waals surface area contributed by atoms with Crippen molar-refractivity contribution in [2.24, 2.45) is 12.0 Å². The molecule has 0 aliphatic carbocycles. The van der Waals surface area contributed by atoms with Crippen LogP contribution < -0.4 is 10.6 Å². The molecule has 0 atom stereocenters. The van der Waals surface area contributed by atoms with Crippen molar-refractivity contribution < 1.29 is 4.52 Å². The average molecular weight is 304 g/mol. The minimum Gasteiger partial charge on any atom is -0.361 e. The highest BCUT2D eigenvalue weighted by Gasteiger charge is 2.05. The van der Waals surface area contributed by atoms with Crippen molar-refractivity contribution in [2.75, 3.05) is 13.1 Å². The fraction of sp³-hybridized carbons (Fsp3) is 0.533. The first-order valence-electron chi connectivity index (χ1n) is 7.52. The first-order chi connectivity index (χ1) is 10.6. The molecule has 120 valence electrons. The van der Waals surface area contributed by atoms with Crippen LogP contribution in [0, 0.1) is 13.8 Å². The summed E-state index contributed by atoms with van der Waals surface area (Å²) in [6.45, 7) is 8.11. The van der Waals surface area contributed by atoms with Gasteiger partial charge in [-0.3, -0.25) is 4.68 Å². The Balaban J connectivity index is 1.87. The maximum atomic E-state index is 5.04. The lowest BCUT2D eigenvalue weighted by Gasteiger charge is -2.10. The summed E-state index contributed by atoms with van der Waals surface area (Å²) in [6.07, 6.45) is 2.83. The van der Waals surface area contributed by atoms with E-state index in [2.05, 4.69) is 32.8 Å². The molecule has 0 saturated carbocycles. The van der Waals surface area contributed by atoms with Crippen LogP contribution in [0.1, 0.15) is 29.6 Å². The van der Waals surface area contributed by atoms with Crippen molar-refractivity contribution in [1.82, 2.24) is 25.6 Å². The third-order valence-corrected chi connectivity index (χ3v) is 3.44. The van der Waals surface area contributed by atoms with Gasteiger partial charge in [-0.2, -0.15) is 5.10 Å². The minimum absolute atomic E-state index is 0.499. The van der Waals surface area contributed by atoms with Crippen LogP contribution >= 0.6 is 0 Å². The van der Waals surface area contributed by atoms with E-state index in [0.29, 0.717) is 6.54 Å². The largest absolute Gasteiger partial charge is 0.361 e. The molecule has 0 radical (unpaired) electrons. The van der Waals surface area contributed by atoms with E-state index in [-0.39, 0.29) is 0 Å². The quantitative estimate of drug-likeness (QED) is 0.621. The van der Waals surface area contributed by atoms with Gasteiger partial charge in [0.1, 0.15) is 11.5 Å². The van der Waals surface area contributed by atoms with E-state index in [9.17, 15) is 0 Å². The van der Waals surface area contributed by atoms with E-state index in [1.54, 1.807) is 0 Å². The monoisotopic (exact) mass is 304 g/mol. The highest BCUT2D eigenvalue weighted by atomic mass is 16.5. The van der Waals surface area contributed by atoms with Crippen LogP contribution in [-0.4, -0.2) is 34.0 Å².